The Morgan fingerprint density at radius 2 is 1.91 bits per heavy atom. The Labute approximate surface area is 135 Å². The van der Waals surface area contributed by atoms with Crippen LogP contribution < -0.4 is 0 Å². The topological polar surface area (TPSA) is 40.5 Å². The van der Waals surface area contributed by atoms with E-state index in [-0.39, 0.29) is 6.61 Å². The van der Waals surface area contributed by atoms with E-state index < -0.39 is 0 Å². The molecule has 2 nitrogen and oxygen atoms in total. The van der Waals surface area contributed by atoms with Crippen LogP contribution >= 0.6 is 0 Å². The first kappa shape index (κ1) is 18.8. The van der Waals surface area contributed by atoms with E-state index in [1.54, 1.807) is 23.3 Å². The van der Waals surface area contributed by atoms with Crippen LogP contribution in [0.5, 0.6) is 0 Å². The molecule has 0 spiro atoms. The molecule has 2 heteroatoms. The molecule has 0 radical (unpaired) electrons. The minimum Gasteiger partial charge on any atom is -0.508 e. The third kappa shape index (κ3) is 5.49. The second-order valence-electron chi connectivity index (χ2n) is 7.13. The van der Waals surface area contributed by atoms with Crippen LogP contribution in [0.2, 0.25) is 0 Å². The van der Waals surface area contributed by atoms with Gasteiger partial charge >= 0.3 is 0 Å². The Hall–Kier alpha value is -1.28. The summed E-state index contributed by atoms with van der Waals surface area (Å²) in [5, 5.41) is 19.0. The zero-order valence-corrected chi connectivity index (χ0v) is 14.9. The maximum absolute atomic E-state index is 10.1. The van der Waals surface area contributed by atoms with Crippen LogP contribution in [0, 0.1) is 5.41 Å². The molecule has 0 atom stereocenters. The minimum atomic E-state index is 0.0299. The van der Waals surface area contributed by atoms with Crippen LogP contribution in [-0.4, -0.2) is 16.8 Å². The molecule has 0 aromatic heterocycles. The van der Waals surface area contributed by atoms with Gasteiger partial charge in [0.1, 0.15) is 5.76 Å². The van der Waals surface area contributed by atoms with Crippen LogP contribution in [0.3, 0.4) is 0 Å². The van der Waals surface area contributed by atoms with Gasteiger partial charge in [-0.05, 0) is 69.9 Å². The number of hydrogen-bond donors (Lipinski definition) is 2. The highest BCUT2D eigenvalue weighted by atomic mass is 16.3. The van der Waals surface area contributed by atoms with Gasteiger partial charge in [-0.15, -0.1) is 0 Å². The van der Waals surface area contributed by atoms with Crippen molar-refractivity contribution in [3.05, 3.63) is 46.3 Å². The lowest BCUT2D eigenvalue weighted by Gasteiger charge is -2.35. The molecule has 0 unspecified atom stereocenters. The van der Waals surface area contributed by atoms with E-state index in [4.69, 9.17) is 5.11 Å². The normalized spacial score (nSPS) is 20.5. The Morgan fingerprint density at radius 1 is 1.23 bits per heavy atom. The Balaban J connectivity index is 2.74. The predicted molar refractivity (Wildman–Crippen MR) is 94.9 cm³/mol. The third-order valence-electron chi connectivity index (χ3n) is 4.79. The molecule has 22 heavy (non-hydrogen) atoms. The van der Waals surface area contributed by atoms with Crippen LogP contribution in [0.15, 0.2) is 46.3 Å². The smallest absolute Gasteiger partial charge is 0.114 e. The van der Waals surface area contributed by atoms with Crippen molar-refractivity contribution in [2.75, 3.05) is 6.61 Å². The van der Waals surface area contributed by atoms with Gasteiger partial charge in [0.15, 0.2) is 0 Å². The van der Waals surface area contributed by atoms with E-state index in [1.807, 2.05) is 19.9 Å². The van der Waals surface area contributed by atoms with E-state index in [2.05, 4.69) is 20.8 Å². The van der Waals surface area contributed by atoms with Crippen molar-refractivity contribution in [2.24, 2.45) is 5.41 Å². The molecule has 0 saturated carbocycles. The molecule has 1 aliphatic carbocycles. The monoisotopic (exact) mass is 304 g/mol. The standard InChI is InChI=1S/C20H32O2/c1-15(12-14-21)8-11-19(22)17(3)9-10-18-16(2)7-6-13-20(18,4)5/h8,11-12,21-22H,6-7,9-10,13-14H2,1-5H3/b11-8+,15-12-,19-17?. The van der Waals surface area contributed by atoms with E-state index in [9.17, 15) is 5.11 Å². The van der Waals surface area contributed by atoms with Gasteiger partial charge in [0, 0.05) is 0 Å². The molecule has 0 aromatic carbocycles. The highest BCUT2D eigenvalue weighted by molar-refractivity contribution is 5.28. The second kappa shape index (κ2) is 8.38. The summed E-state index contributed by atoms with van der Waals surface area (Å²) < 4.78 is 0. The molecule has 0 fully saturated rings. The Bertz CT molecular complexity index is 502. The van der Waals surface area contributed by atoms with Crippen LogP contribution in [0.25, 0.3) is 0 Å². The minimum absolute atomic E-state index is 0.0299. The first-order valence-corrected chi connectivity index (χ1v) is 8.31. The molecule has 0 aliphatic heterocycles. The van der Waals surface area contributed by atoms with Crippen molar-refractivity contribution < 1.29 is 10.2 Å². The lowest BCUT2D eigenvalue weighted by molar-refractivity contribution is 0.342. The fourth-order valence-electron chi connectivity index (χ4n) is 3.23. The van der Waals surface area contributed by atoms with Crippen LogP contribution in [0.4, 0.5) is 0 Å². The summed E-state index contributed by atoms with van der Waals surface area (Å²) in [5.41, 5.74) is 5.39. The lowest BCUT2D eigenvalue weighted by atomic mass is 9.71. The van der Waals surface area contributed by atoms with Gasteiger partial charge in [-0.1, -0.05) is 42.7 Å². The molecule has 0 heterocycles. The average molecular weight is 304 g/mol. The van der Waals surface area contributed by atoms with Gasteiger partial charge in [-0.3, -0.25) is 0 Å². The average Bonchev–Trinajstić information content (AvgIpc) is 2.43. The fraction of sp³-hybridized carbons (Fsp3) is 0.600. The van der Waals surface area contributed by atoms with Crippen molar-refractivity contribution in [2.45, 2.75) is 66.7 Å². The van der Waals surface area contributed by atoms with Gasteiger partial charge in [0.05, 0.1) is 6.61 Å². The molecule has 124 valence electrons. The summed E-state index contributed by atoms with van der Waals surface area (Å²) in [4.78, 5) is 0. The molecule has 0 aromatic rings. The molecule has 1 rings (SSSR count). The fourth-order valence-corrected chi connectivity index (χ4v) is 3.23. The van der Waals surface area contributed by atoms with Crippen molar-refractivity contribution in [3.8, 4) is 0 Å². The number of aliphatic hydroxyl groups is 2. The lowest BCUT2D eigenvalue weighted by Crippen LogP contribution is -2.20. The van der Waals surface area contributed by atoms with Gasteiger partial charge in [-0.25, -0.2) is 0 Å². The summed E-state index contributed by atoms with van der Waals surface area (Å²) in [6, 6.07) is 0. The van der Waals surface area contributed by atoms with Crippen molar-refractivity contribution in [1.29, 1.82) is 0 Å². The van der Waals surface area contributed by atoms with Crippen LogP contribution in [0.1, 0.15) is 66.7 Å². The van der Waals surface area contributed by atoms with Crippen molar-refractivity contribution in [1.82, 2.24) is 0 Å². The van der Waals surface area contributed by atoms with Crippen molar-refractivity contribution >= 4 is 0 Å². The zero-order chi connectivity index (χ0) is 16.8. The highest BCUT2D eigenvalue weighted by Crippen LogP contribution is 2.42. The third-order valence-corrected chi connectivity index (χ3v) is 4.79. The second-order valence-corrected chi connectivity index (χ2v) is 7.13. The van der Waals surface area contributed by atoms with Gasteiger partial charge in [-0.2, -0.15) is 0 Å². The maximum atomic E-state index is 10.1. The zero-order valence-electron chi connectivity index (χ0n) is 14.9. The summed E-state index contributed by atoms with van der Waals surface area (Å²) in [6.07, 6.45) is 11.0. The number of rotatable bonds is 6. The van der Waals surface area contributed by atoms with E-state index in [0.29, 0.717) is 11.2 Å². The van der Waals surface area contributed by atoms with E-state index >= 15 is 0 Å². The maximum Gasteiger partial charge on any atom is 0.114 e. The van der Waals surface area contributed by atoms with E-state index in [0.717, 1.165) is 24.0 Å². The highest BCUT2D eigenvalue weighted by Gasteiger charge is 2.27. The number of aliphatic hydroxyl groups excluding tert-OH is 2. The Morgan fingerprint density at radius 3 is 2.50 bits per heavy atom. The van der Waals surface area contributed by atoms with Crippen molar-refractivity contribution in [3.63, 3.8) is 0 Å². The number of allylic oxidation sites excluding steroid dienone is 6. The van der Waals surface area contributed by atoms with Crippen LogP contribution in [-0.2, 0) is 0 Å². The Kier molecular flexibility index (Phi) is 7.15. The molecule has 0 bridgehead atoms. The summed E-state index contributed by atoms with van der Waals surface area (Å²) in [5.74, 6) is 0.345. The molecule has 1 aliphatic rings. The van der Waals surface area contributed by atoms with E-state index in [1.165, 1.54) is 19.3 Å². The summed E-state index contributed by atoms with van der Waals surface area (Å²) in [7, 11) is 0. The molecular weight excluding hydrogens is 272 g/mol. The predicted octanol–water partition coefficient (Wildman–Crippen LogP) is 5.62. The molecule has 0 amide bonds. The first-order chi connectivity index (χ1) is 10.3. The first-order valence-electron chi connectivity index (χ1n) is 8.31. The summed E-state index contributed by atoms with van der Waals surface area (Å²) in [6.45, 7) is 10.9. The molecule has 0 saturated heterocycles. The van der Waals surface area contributed by atoms with Gasteiger partial charge in [0.25, 0.3) is 0 Å². The SMILES string of the molecule is CC(CCC1=C(C)CCCC1(C)C)=C(O)/C=C/C(C)=C\CO. The summed E-state index contributed by atoms with van der Waals surface area (Å²) >= 11 is 0. The molecular formula is C20H32O2. The van der Waals surface area contributed by atoms with Gasteiger partial charge < -0.3 is 10.2 Å². The molecule has 2 N–H and O–H groups in total. The largest absolute Gasteiger partial charge is 0.508 e. The number of hydrogen-bond acceptors (Lipinski definition) is 2. The van der Waals surface area contributed by atoms with Gasteiger partial charge in [0.2, 0.25) is 0 Å². The quantitative estimate of drug-likeness (QED) is 0.380.